The third-order valence-corrected chi connectivity index (χ3v) is 4.62. The van der Waals surface area contributed by atoms with Crippen LogP contribution in [-0.2, 0) is 0 Å². The highest BCUT2D eigenvalue weighted by atomic mass is 16.3. The van der Waals surface area contributed by atoms with E-state index >= 15 is 0 Å². The van der Waals surface area contributed by atoms with Crippen LogP contribution >= 0.6 is 0 Å². The van der Waals surface area contributed by atoms with Gasteiger partial charge < -0.3 is 5.11 Å². The SMILES string of the molecule is CC1(C)CC2C3C=CC(C3)C2C1O. The predicted molar refractivity (Wildman–Crippen MR) is 52.1 cm³/mol. The van der Waals surface area contributed by atoms with Crippen molar-refractivity contribution in [2.45, 2.75) is 32.8 Å². The summed E-state index contributed by atoms with van der Waals surface area (Å²) in [6.45, 7) is 4.44. The Labute approximate surface area is 79.8 Å². The lowest BCUT2D eigenvalue weighted by atomic mass is 9.83. The minimum absolute atomic E-state index is 0.0579. The first-order valence-corrected chi connectivity index (χ1v) is 5.46. The van der Waals surface area contributed by atoms with Crippen LogP contribution < -0.4 is 0 Å². The van der Waals surface area contributed by atoms with Gasteiger partial charge in [0.15, 0.2) is 0 Å². The van der Waals surface area contributed by atoms with Crippen molar-refractivity contribution in [2.75, 3.05) is 0 Å². The van der Waals surface area contributed by atoms with E-state index in [9.17, 15) is 5.11 Å². The number of hydrogen-bond acceptors (Lipinski definition) is 1. The summed E-state index contributed by atoms with van der Waals surface area (Å²) in [5.74, 6) is 2.88. The van der Waals surface area contributed by atoms with Crippen LogP contribution in [0.2, 0.25) is 0 Å². The Hall–Kier alpha value is -0.300. The van der Waals surface area contributed by atoms with E-state index in [4.69, 9.17) is 0 Å². The summed E-state index contributed by atoms with van der Waals surface area (Å²) in [6.07, 6.45) is 7.22. The van der Waals surface area contributed by atoms with Crippen LogP contribution in [0.3, 0.4) is 0 Å². The van der Waals surface area contributed by atoms with Crippen LogP contribution in [0.25, 0.3) is 0 Å². The Bertz CT molecular complexity index is 266. The summed E-state index contributed by atoms with van der Waals surface area (Å²) >= 11 is 0. The van der Waals surface area contributed by atoms with Gasteiger partial charge >= 0.3 is 0 Å². The van der Waals surface area contributed by atoms with Crippen LogP contribution in [0.1, 0.15) is 26.7 Å². The Kier molecular flexibility index (Phi) is 1.36. The monoisotopic (exact) mass is 178 g/mol. The summed E-state index contributed by atoms with van der Waals surface area (Å²) in [5, 5.41) is 10.2. The first-order chi connectivity index (χ1) is 6.09. The molecule has 3 aliphatic rings. The Morgan fingerprint density at radius 3 is 2.62 bits per heavy atom. The van der Waals surface area contributed by atoms with Crippen molar-refractivity contribution in [1.29, 1.82) is 0 Å². The molecule has 0 heterocycles. The normalized spacial score (nSPS) is 55.8. The van der Waals surface area contributed by atoms with E-state index in [1.165, 1.54) is 12.8 Å². The highest BCUT2D eigenvalue weighted by molar-refractivity contribution is 5.19. The van der Waals surface area contributed by atoms with E-state index in [2.05, 4.69) is 26.0 Å². The predicted octanol–water partition coefficient (Wildman–Crippen LogP) is 2.22. The first kappa shape index (κ1) is 8.05. The molecule has 1 N–H and O–H groups in total. The number of aliphatic hydroxyl groups excluding tert-OH is 1. The number of fused-ring (bicyclic) bond motifs is 5. The Morgan fingerprint density at radius 2 is 1.92 bits per heavy atom. The molecular formula is C12H18O. The molecule has 0 amide bonds. The fourth-order valence-corrected chi connectivity index (χ4v) is 3.97. The van der Waals surface area contributed by atoms with Crippen LogP contribution in [0.5, 0.6) is 0 Å². The van der Waals surface area contributed by atoms with Gasteiger partial charge in [-0.2, -0.15) is 0 Å². The van der Waals surface area contributed by atoms with Gasteiger partial charge in [-0.15, -0.1) is 0 Å². The number of rotatable bonds is 0. The van der Waals surface area contributed by atoms with Crippen molar-refractivity contribution in [3.63, 3.8) is 0 Å². The molecule has 0 saturated heterocycles. The minimum atomic E-state index is -0.0579. The minimum Gasteiger partial charge on any atom is -0.392 e. The second-order valence-corrected chi connectivity index (χ2v) is 5.83. The zero-order valence-electron chi connectivity index (χ0n) is 8.40. The van der Waals surface area contributed by atoms with Crippen molar-refractivity contribution < 1.29 is 5.11 Å². The quantitative estimate of drug-likeness (QED) is 0.564. The van der Waals surface area contributed by atoms with Gasteiger partial charge in [0.1, 0.15) is 0 Å². The van der Waals surface area contributed by atoms with Crippen molar-refractivity contribution in [3.05, 3.63) is 12.2 Å². The molecule has 1 heteroatoms. The average molecular weight is 178 g/mol. The van der Waals surface area contributed by atoms with Gasteiger partial charge in [-0.3, -0.25) is 0 Å². The number of aliphatic hydroxyl groups is 1. The van der Waals surface area contributed by atoms with E-state index < -0.39 is 0 Å². The Morgan fingerprint density at radius 1 is 1.23 bits per heavy atom. The van der Waals surface area contributed by atoms with Crippen molar-refractivity contribution in [3.8, 4) is 0 Å². The maximum absolute atomic E-state index is 10.2. The van der Waals surface area contributed by atoms with E-state index in [0.717, 1.165) is 11.8 Å². The molecule has 3 rings (SSSR count). The van der Waals surface area contributed by atoms with Gasteiger partial charge in [-0.1, -0.05) is 26.0 Å². The van der Waals surface area contributed by atoms with Gasteiger partial charge in [0.05, 0.1) is 6.10 Å². The molecule has 3 aliphatic carbocycles. The van der Waals surface area contributed by atoms with E-state index in [-0.39, 0.29) is 11.5 Å². The lowest BCUT2D eigenvalue weighted by Crippen LogP contribution is -2.30. The van der Waals surface area contributed by atoms with Crippen molar-refractivity contribution >= 4 is 0 Å². The summed E-state index contributed by atoms with van der Waals surface area (Å²) in [5.41, 5.74) is 0.165. The lowest BCUT2D eigenvalue weighted by Gasteiger charge is -2.27. The summed E-state index contributed by atoms with van der Waals surface area (Å²) in [7, 11) is 0. The van der Waals surface area contributed by atoms with Gasteiger partial charge in [-0.25, -0.2) is 0 Å². The standard InChI is InChI=1S/C12H18O/c1-12(2)6-9-7-3-4-8(5-7)10(9)11(12)13/h3-4,7-11,13H,5-6H2,1-2H3. The van der Waals surface area contributed by atoms with Crippen LogP contribution in [0, 0.1) is 29.1 Å². The van der Waals surface area contributed by atoms with Gasteiger partial charge in [-0.05, 0) is 41.9 Å². The van der Waals surface area contributed by atoms with Crippen LogP contribution in [0.4, 0.5) is 0 Å². The second kappa shape index (κ2) is 2.20. The maximum atomic E-state index is 10.2. The molecule has 1 nitrogen and oxygen atoms in total. The number of hydrogen-bond donors (Lipinski definition) is 1. The molecule has 2 bridgehead atoms. The first-order valence-electron chi connectivity index (χ1n) is 5.46. The highest BCUT2D eigenvalue weighted by Crippen LogP contribution is 2.60. The zero-order chi connectivity index (χ0) is 9.22. The van der Waals surface area contributed by atoms with Gasteiger partial charge in [0, 0.05) is 0 Å². The molecule has 2 fully saturated rings. The van der Waals surface area contributed by atoms with Crippen molar-refractivity contribution in [2.24, 2.45) is 29.1 Å². The smallest absolute Gasteiger partial charge is 0.0627 e. The van der Waals surface area contributed by atoms with Crippen molar-refractivity contribution in [1.82, 2.24) is 0 Å². The van der Waals surface area contributed by atoms with Gasteiger partial charge in [0.25, 0.3) is 0 Å². The molecule has 0 aliphatic heterocycles. The fraction of sp³-hybridized carbons (Fsp3) is 0.833. The maximum Gasteiger partial charge on any atom is 0.0627 e. The van der Waals surface area contributed by atoms with Crippen LogP contribution in [0.15, 0.2) is 12.2 Å². The van der Waals surface area contributed by atoms with E-state index in [1.54, 1.807) is 0 Å². The second-order valence-electron chi connectivity index (χ2n) is 5.83. The summed E-state index contributed by atoms with van der Waals surface area (Å²) in [4.78, 5) is 0. The zero-order valence-corrected chi connectivity index (χ0v) is 8.40. The topological polar surface area (TPSA) is 20.2 Å². The molecule has 13 heavy (non-hydrogen) atoms. The fourth-order valence-electron chi connectivity index (χ4n) is 3.97. The molecular weight excluding hydrogens is 160 g/mol. The number of allylic oxidation sites excluding steroid dienone is 2. The molecule has 0 spiro atoms. The summed E-state index contributed by atoms with van der Waals surface area (Å²) < 4.78 is 0. The molecule has 0 aromatic rings. The van der Waals surface area contributed by atoms with E-state index in [1.807, 2.05) is 0 Å². The molecule has 2 saturated carbocycles. The third-order valence-electron chi connectivity index (χ3n) is 4.62. The Balaban J connectivity index is 1.96. The molecule has 0 radical (unpaired) electrons. The van der Waals surface area contributed by atoms with E-state index in [0.29, 0.717) is 11.8 Å². The van der Waals surface area contributed by atoms with Crippen LogP contribution in [-0.4, -0.2) is 11.2 Å². The molecule has 5 atom stereocenters. The molecule has 5 unspecified atom stereocenters. The van der Waals surface area contributed by atoms with Gasteiger partial charge in [0.2, 0.25) is 0 Å². The largest absolute Gasteiger partial charge is 0.392 e. The molecule has 72 valence electrons. The third kappa shape index (κ3) is 0.864. The average Bonchev–Trinajstić information content (AvgIpc) is 2.65. The highest BCUT2D eigenvalue weighted by Gasteiger charge is 2.57. The molecule has 0 aromatic carbocycles. The molecule has 0 aromatic heterocycles. The summed E-state index contributed by atoms with van der Waals surface area (Å²) in [6, 6.07) is 0. The lowest BCUT2D eigenvalue weighted by molar-refractivity contribution is 0.0345.